The fourth-order valence-corrected chi connectivity index (χ4v) is 3.59. The summed E-state index contributed by atoms with van der Waals surface area (Å²) in [6.07, 6.45) is 3.23. The summed E-state index contributed by atoms with van der Waals surface area (Å²) in [5, 5.41) is 10.5. The maximum absolute atomic E-state index is 13.0. The van der Waals surface area contributed by atoms with Crippen molar-refractivity contribution in [2.24, 2.45) is 0 Å². The van der Waals surface area contributed by atoms with Crippen molar-refractivity contribution in [2.75, 3.05) is 5.73 Å². The van der Waals surface area contributed by atoms with Gasteiger partial charge in [0.1, 0.15) is 11.5 Å². The summed E-state index contributed by atoms with van der Waals surface area (Å²) >= 11 is 0. The van der Waals surface area contributed by atoms with Gasteiger partial charge in [0.2, 0.25) is 0 Å². The van der Waals surface area contributed by atoms with Crippen molar-refractivity contribution < 1.29 is 19.4 Å². The minimum Gasteiger partial charge on any atom is -0.507 e. The molecule has 0 saturated carbocycles. The molecule has 29 heavy (non-hydrogen) atoms. The van der Waals surface area contributed by atoms with Crippen LogP contribution in [0, 0.1) is 0 Å². The van der Waals surface area contributed by atoms with Crippen LogP contribution in [0.3, 0.4) is 0 Å². The van der Waals surface area contributed by atoms with Crippen molar-refractivity contribution in [3.63, 3.8) is 0 Å². The molecule has 3 aromatic carbocycles. The van der Waals surface area contributed by atoms with Gasteiger partial charge in [-0.2, -0.15) is 0 Å². The van der Waals surface area contributed by atoms with Gasteiger partial charge in [-0.15, -0.1) is 0 Å². The van der Waals surface area contributed by atoms with Gasteiger partial charge < -0.3 is 15.6 Å². The fraction of sp³-hybridized carbons (Fsp3) is 0.167. The van der Waals surface area contributed by atoms with Crippen LogP contribution in [0.1, 0.15) is 57.2 Å². The summed E-state index contributed by atoms with van der Waals surface area (Å²) < 4.78 is 5.84. The number of aryl methyl sites for hydroxylation is 1. The zero-order valence-electron chi connectivity index (χ0n) is 16.1. The van der Waals surface area contributed by atoms with E-state index in [1.54, 1.807) is 24.3 Å². The Labute approximate surface area is 168 Å². The van der Waals surface area contributed by atoms with Crippen molar-refractivity contribution in [1.82, 2.24) is 0 Å². The van der Waals surface area contributed by atoms with E-state index in [1.807, 2.05) is 24.3 Å². The van der Waals surface area contributed by atoms with Crippen molar-refractivity contribution in [2.45, 2.75) is 26.2 Å². The highest BCUT2D eigenvalue weighted by molar-refractivity contribution is 6.31. The van der Waals surface area contributed by atoms with Gasteiger partial charge in [-0.05, 0) is 30.5 Å². The van der Waals surface area contributed by atoms with Gasteiger partial charge in [0.25, 0.3) is 0 Å². The number of nitrogens with two attached hydrogens (primary N) is 1. The van der Waals surface area contributed by atoms with Crippen LogP contribution in [0.4, 0.5) is 5.69 Å². The highest BCUT2D eigenvalue weighted by Gasteiger charge is 2.35. The first-order chi connectivity index (χ1) is 14.0. The molecule has 5 nitrogen and oxygen atoms in total. The van der Waals surface area contributed by atoms with E-state index in [0.717, 1.165) is 19.3 Å². The van der Waals surface area contributed by atoms with E-state index in [2.05, 4.69) is 6.92 Å². The van der Waals surface area contributed by atoms with Crippen molar-refractivity contribution in [3.8, 4) is 17.2 Å². The fourth-order valence-electron chi connectivity index (χ4n) is 3.59. The van der Waals surface area contributed by atoms with Gasteiger partial charge in [0, 0.05) is 17.2 Å². The largest absolute Gasteiger partial charge is 0.507 e. The number of benzene rings is 3. The first-order valence-electron chi connectivity index (χ1n) is 9.62. The lowest BCUT2D eigenvalue weighted by Gasteiger charge is -2.21. The molecule has 0 saturated heterocycles. The SMILES string of the molecule is CCCCc1ccc(Oc2cc(O)c3c(c2N)C(=O)c2ccccc2C3=O)cc1. The smallest absolute Gasteiger partial charge is 0.198 e. The number of carbonyl (C=O) groups excluding carboxylic acids is 2. The molecule has 0 unspecified atom stereocenters. The third kappa shape index (κ3) is 3.25. The first-order valence-corrected chi connectivity index (χ1v) is 9.62. The average molecular weight is 387 g/mol. The number of aromatic hydroxyl groups is 1. The van der Waals surface area contributed by atoms with Crippen LogP contribution in [0.2, 0.25) is 0 Å². The second-order valence-corrected chi connectivity index (χ2v) is 7.11. The molecule has 0 spiro atoms. The van der Waals surface area contributed by atoms with Gasteiger partial charge in [-0.1, -0.05) is 49.7 Å². The predicted octanol–water partition coefficient (Wildman–Crippen LogP) is 4.88. The van der Waals surface area contributed by atoms with Crippen LogP contribution in [0.5, 0.6) is 17.2 Å². The van der Waals surface area contributed by atoms with Crippen molar-refractivity contribution in [3.05, 3.63) is 82.4 Å². The number of hydrogen-bond donors (Lipinski definition) is 2. The van der Waals surface area contributed by atoms with Crippen LogP contribution < -0.4 is 10.5 Å². The number of fused-ring (bicyclic) bond motifs is 2. The molecule has 1 aliphatic rings. The number of carbonyl (C=O) groups is 2. The second-order valence-electron chi connectivity index (χ2n) is 7.11. The number of rotatable bonds is 5. The number of phenols is 1. The molecule has 0 aliphatic heterocycles. The Morgan fingerprint density at radius 2 is 1.55 bits per heavy atom. The summed E-state index contributed by atoms with van der Waals surface area (Å²) in [6.45, 7) is 2.15. The van der Waals surface area contributed by atoms with Crippen LogP contribution >= 0.6 is 0 Å². The molecule has 0 amide bonds. The molecule has 0 fully saturated rings. The van der Waals surface area contributed by atoms with E-state index in [0.29, 0.717) is 5.75 Å². The molecule has 5 heteroatoms. The minimum absolute atomic E-state index is 0.0109. The lowest BCUT2D eigenvalue weighted by Crippen LogP contribution is -2.22. The molecule has 146 valence electrons. The van der Waals surface area contributed by atoms with E-state index >= 15 is 0 Å². The maximum atomic E-state index is 13.0. The second kappa shape index (κ2) is 7.43. The minimum atomic E-state index is -0.425. The third-order valence-electron chi connectivity index (χ3n) is 5.15. The van der Waals surface area contributed by atoms with E-state index in [4.69, 9.17) is 10.5 Å². The van der Waals surface area contributed by atoms with Crippen LogP contribution in [-0.2, 0) is 6.42 Å². The van der Waals surface area contributed by atoms with E-state index in [9.17, 15) is 14.7 Å². The molecular formula is C24H21NO4. The lowest BCUT2D eigenvalue weighted by atomic mass is 9.82. The Morgan fingerprint density at radius 3 is 2.17 bits per heavy atom. The molecule has 3 N–H and O–H groups in total. The Morgan fingerprint density at radius 1 is 0.931 bits per heavy atom. The number of ether oxygens (including phenoxy) is 1. The quantitative estimate of drug-likeness (QED) is 0.376. The maximum Gasteiger partial charge on any atom is 0.198 e. The zero-order chi connectivity index (χ0) is 20.5. The highest BCUT2D eigenvalue weighted by Crippen LogP contribution is 2.42. The molecule has 1 aliphatic carbocycles. The number of anilines is 1. The summed E-state index contributed by atoms with van der Waals surface area (Å²) in [6, 6.07) is 15.4. The van der Waals surface area contributed by atoms with Crippen molar-refractivity contribution in [1.29, 1.82) is 0 Å². The monoisotopic (exact) mass is 387 g/mol. The lowest BCUT2D eigenvalue weighted by molar-refractivity contribution is 0.0977. The Balaban J connectivity index is 1.72. The molecule has 0 radical (unpaired) electrons. The molecule has 0 aromatic heterocycles. The Hall–Kier alpha value is -3.60. The summed E-state index contributed by atoms with van der Waals surface area (Å²) in [7, 11) is 0. The molecule has 0 atom stereocenters. The van der Waals surface area contributed by atoms with Gasteiger partial charge in [-0.3, -0.25) is 9.59 Å². The first kappa shape index (κ1) is 18.7. The number of hydrogen-bond acceptors (Lipinski definition) is 5. The summed E-state index contributed by atoms with van der Waals surface area (Å²) in [5.41, 5.74) is 7.91. The van der Waals surface area contributed by atoms with Crippen molar-refractivity contribution >= 4 is 17.3 Å². The van der Waals surface area contributed by atoms with Crippen LogP contribution in [0.15, 0.2) is 54.6 Å². The van der Waals surface area contributed by atoms with Gasteiger partial charge in [0.05, 0.1) is 16.8 Å². The molecule has 0 heterocycles. The van der Waals surface area contributed by atoms with Gasteiger partial charge in [-0.25, -0.2) is 0 Å². The topological polar surface area (TPSA) is 89.6 Å². The highest BCUT2D eigenvalue weighted by atomic mass is 16.5. The average Bonchev–Trinajstić information content (AvgIpc) is 2.74. The number of ketones is 2. The number of unbranched alkanes of at least 4 members (excludes halogenated alkanes) is 1. The Kier molecular flexibility index (Phi) is 4.80. The van der Waals surface area contributed by atoms with Gasteiger partial charge >= 0.3 is 0 Å². The number of phenolic OH excluding ortho intramolecular Hbond substituents is 1. The third-order valence-corrected chi connectivity index (χ3v) is 5.15. The molecular weight excluding hydrogens is 366 g/mol. The van der Waals surface area contributed by atoms with Gasteiger partial charge in [0.15, 0.2) is 17.3 Å². The normalized spacial score (nSPS) is 12.4. The zero-order valence-corrected chi connectivity index (χ0v) is 16.1. The molecule has 0 bridgehead atoms. The van der Waals surface area contributed by atoms with Crippen LogP contribution in [-0.4, -0.2) is 16.7 Å². The summed E-state index contributed by atoms with van der Waals surface area (Å²) in [5.74, 6) is -0.472. The number of nitrogen functional groups attached to an aromatic ring is 1. The summed E-state index contributed by atoms with van der Waals surface area (Å²) in [4.78, 5) is 25.8. The van der Waals surface area contributed by atoms with Crippen LogP contribution in [0.25, 0.3) is 0 Å². The predicted molar refractivity (Wildman–Crippen MR) is 111 cm³/mol. The van der Waals surface area contributed by atoms with E-state index in [1.165, 1.54) is 11.6 Å². The molecule has 4 rings (SSSR count). The Bertz CT molecular complexity index is 1120. The van der Waals surface area contributed by atoms with E-state index in [-0.39, 0.29) is 39.4 Å². The van der Waals surface area contributed by atoms with E-state index < -0.39 is 11.6 Å². The standard InChI is InChI=1S/C24H21NO4/c1-2-3-6-14-9-11-15(12-10-14)29-19-13-18(26)20-21(22(19)25)24(28)17-8-5-4-7-16(17)23(20)27/h4-5,7-13,26H,2-3,6,25H2,1H3. The molecule has 3 aromatic rings.